The van der Waals surface area contributed by atoms with E-state index in [1.54, 1.807) is 30.3 Å². The average Bonchev–Trinajstić information content (AvgIpc) is 2.68. The molecule has 0 fully saturated rings. The highest BCUT2D eigenvalue weighted by Gasteiger charge is 2.35. The summed E-state index contributed by atoms with van der Waals surface area (Å²) in [6.07, 6.45) is 0. The summed E-state index contributed by atoms with van der Waals surface area (Å²) in [7, 11) is -3.90. The lowest BCUT2D eigenvalue weighted by molar-refractivity contribution is 0.101. The second-order valence-corrected chi connectivity index (χ2v) is 8.77. The molecule has 7 heteroatoms. The molecule has 0 bridgehead atoms. The van der Waals surface area contributed by atoms with E-state index in [9.17, 15) is 18.0 Å². The van der Waals surface area contributed by atoms with E-state index >= 15 is 0 Å². The second kappa shape index (κ2) is 6.58. The number of nitrogens with one attached hydrogen (secondary N) is 1. The van der Waals surface area contributed by atoms with Crippen molar-refractivity contribution in [3.8, 4) is 0 Å². The fraction of sp³-hybridized carbons (Fsp3) is 0.0476. The Hall–Kier alpha value is -2.96. The van der Waals surface area contributed by atoms with Gasteiger partial charge in [0.2, 0.25) is 9.84 Å². The first-order valence-electron chi connectivity index (χ1n) is 8.39. The van der Waals surface area contributed by atoms with Crippen molar-refractivity contribution < 1.29 is 18.0 Å². The molecule has 0 saturated heterocycles. The van der Waals surface area contributed by atoms with Crippen LogP contribution in [0.2, 0.25) is 5.02 Å². The minimum Gasteiger partial charge on any atom is -0.321 e. The molecule has 3 aromatic carbocycles. The molecule has 0 saturated carbocycles. The van der Waals surface area contributed by atoms with Crippen LogP contribution >= 0.6 is 11.6 Å². The van der Waals surface area contributed by atoms with Crippen molar-refractivity contribution in [3.63, 3.8) is 0 Å². The van der Waals surface area contributed by atoms with Crippen LogP contribution in [0, 0.1) is 6.92 Å². The molecule has 5 nitrogen and oxygen atoms in total. The zero-order valence-electron chi connectivity index (χ0n) is 14.7. The molecule has 140 valence electrons. The Morgan fingerprint density at radius 1 is 0.929 bits per heavy atom. The van der Waals surface area contributed by atoms with Crippen LogP contribution < -0.4 is 5.32 Å². The summed E-state index contributed by atoms with van der Waals surface area (Å²) in [5, 5.41) is 3.05. The Morgan fingerprint density at radius 3 is 2.39 bits per heavy atom. The van der Waals surface area contributed by atoms with Crippen LogP contribution in [0.15, 0.2) is 70.5 Å². The quantitative estimate of drug-likeness (QED) is 0.534. The van der Waals surface area contributed by atoms with E-state index < -0.39 is 15.7 Å². The van der Waals surface area contributed by atoms with Crippen molar-refractivity contribution in [2.75, 3.05) is 5.32 Å². The second-order valence-electron chi connectivity index (χ2n) is 6.48. The molecule has 3 aromatic rings. The summed E-state index contributed by atoms with van der Waals surface area (Å²) in [5.41, 5.74) is 1.67. The van der Waals surface area contributed by atoms with E-state index in [-0.39, 0.29) is 32.3 Å². The summed E-state index contributed by atoms with van der Waals surface area (Å²) in [5.74, 6) is -0.899. The zero-order valence-corrected chi connectivity index (χ0v) is 16.3. The maximum atomic E-state index is 13.0. The Bertz CT molecular complexity index is 1270. The van der Waals surface area contributed by atoms with Gasteiger partial charge in [-0.2, -0.15) is 0 Å². The first-order chi connectivity index (χ1) is 13.3. The van der Waals surface area contributed by atoms with Gasteiger partial charge in [0.15, 0.2) is 5.78 Å². The number of aryl methyl sites for hydroxylation is 1. The van der Waals surface area contributed by atoms with Gasteiger partial charge >= 0.3 is 0 Å². The van der Waals surface area contributed by atoms with Crippen molar-refractivity contribution >= 4 is 38.8 Å². The number of benzene rings is 3. The highest BCUT2D eigenvalue weighted by molar-refractivity contribution is 7.91. The number of anilines is 1. The maximum absolute atomic E-state index is 13.0. The van der Waals surface area contributed by atoms with Crippen LogP contribution in [0.5, 0.6) is 0 Å². The summed E-state index contributed by atoms with van der Waals surface area (Å²) in [6.45, 7) is 1.88. The maximum Gasteiger partial charge on any atom is 0.255 e. The highest BCUT2D eigenvalue weighted by Crippen LogP contribution is 2.35. The predicted octanol–water partition coefficient (Wildman–Crippen LogP) is 4.28. The first kappa shape index (κ1) is 18.4. The van der Waals surface area contributed by atoms with Crippen LogP contribution in [0.4, 0.5) is 5.69 Å². The molecule has 0 aromatic heterocycles. The third-order valence-corrected chi connectivity index (χ3v) is 6.74. The molecule has 1 aliphatic rings. The van der Waals surface area contributed by atoms with E-state index in [2.05, 4.69) is 5.32 Å². The van der Waals surface area contributed by atoms with E-state index in [0.29, 0.717) is 10.7 Å². The number of rotatable bonds is 2. The van der Waals surface area contributed by atoms with E-state index in [4.69, 9.17) is 11.6 Å². The van der Waals surface area contributed by atoms with Crippen molar-refractivity contribution in [1.82, 2.24) is 0 Å². The molecule has 4 rings (SSSR count). The molecular weight excluding hydrogens is 398 g/mol. The average molecular weight is 412 g/mol. The molecule has 1 amide bonds. The van der Waals surface area contributed by atoms with Gasteiger partial charge < -0.3 is 5.32 Å². The highest BCUT2D eigenvalue weighted by atomic mass is 35.5. The van der Waals surface area contributed by atoms with Crippen LogP contribution in [-0.2, 0) is 9.84 Å². The SMILES string of the molecule is Cc1ccc(NC(=O)c2ccc3c(c2)S(=O)(=O)c2ccccc2C3=O)c(Cl)c1. The minimum atomic E-state index is -3.90. The molecule has 0 atom stereocenters. The Morgan fingerprint density at radius 2 is 1.64 bits per heavy atom. The number of carbonyl (C=O) groups is 2. The molecule has 1 N–H and O–H groups in total. The number of carbonyl (C=O) groups excluding carboxylic acids is 2. The Balaban J connectivity index is 1.76. The van der Waals surface area contributed by atoms with Crippen LogP contribution in [0.3, 0.4) is 0 Å². The number of sulfone groups is 1. The van der Waals surface area contributed by atoms with Gasteiger partial charge in [-0.25, -0.2) is 8.42 Å². The first-order valence-corrected chi connectivity index (χ1v) is 10.3. The fourth-order valence-electron chi connectivity index (χ4n) is 3.14. The number of hydrogen-bond donors (Lipinski definition) is 1. The lowest BCUT2D eigenvalue weighted by Gasteiger charge is -2.19. The summed E-state index contributed by atoms with van der Waals surface area (Å²) < 4.78 is 25.9. The summed E-state index contributed by atoms with van der Waals surface area (Å²) in [4.78, 5) is 25.1. The van der Waals surface area contributed by atoms with Crippen molar-refractivity contribution in [2.24, 2.45) is 0 Å². The number of hydrogen-bond acceptors (Lipinski definition) is 4. The van der Waals surface area contributed by atoms with Gasteiger partial charge in [0.25, 0.3) is 5.91 Å². The predicted molar refractivity (Wildman–Crippen MR) is 106 cm³/mol. The van der Waals surface area contributed by atoms with E-state index in [1.165, 1.54) is 30.3 Å². The molecule has 0 spiro atoms. The number of ketones is 1. The largest absolute Gasteiger partial charge is 0.321 e. The Labute approximate surface area is 166 Å². The standard InChI is InChI=1S/C21H14ClNO4S/c1-12-6-9-17(16(22)10-12)23-21(25)13-7-8-15-19(11-13)28(26,27)18-5-3-2-4-14(18)20(15)24/h2-11H,1H3,(H,23,25). The van der Waals surface area contributed by atoms with Gasteiger partial charge in [0.1, 0.15) is 0 Å². The molecule has 28 heavy (non-hydrogen) atoms. The minimum absolute atomic E-state index is 0.0494. The smallest absolute Gasteiger partial charge is 0.255 e. The van der Waals surface area contributed by atoms with Gasteiger partial charge in [-0.3, -0.25) is 9.59 Å². The molecule has 0 unspecified atom stereocenters. The van der Waals surface area contributed by atoms with Gasteiger partial charge in [-0.1, -0.05) is 29.8 Å². The van der Waals surface area contributed by atoms with Gasteiger partial charge in [0, 0.05) is 16.7 Å². The number of halogens is 1. The number of amides is 1. The normalized spacial score (nSPS) is 14.1. The lowest BCUT2D eigenvalue weighted by Crippen LogP contribution is -2.21. The van der Waals surface area contributed by atoms with E-state index in [0.717, 1.165) is 5.56 Å². The number of fused-ring (bicyclic) bond motifs is 2. The third kappa shape index (κ3) is 2.91. The molecule has 0 aliphatic carbocycles. The Kier molecular flexibility index (Phi) is 4.33. The van der Waals surface area contributed by atoms with Crippen LogP contribution in [0.25, 0.3) is 0 Å². The van der Waals surface area contributed by atoms with Gasteiger partial charge in [-0.05, 0) is 55.0 Å². The van der Waals surface area contributed by atoms with Gasteiger partial charge in [0.05, 0.1) is 20.5 Å². The monoisotopic (exact) mass is 411 g/mol. The third-order valence-electron chi connectivity index (χ3n) is 4.57. The van der Waals surface area contributed by atoms with Gasteiger partial charge in [-0.15, -0.1) is 0 Å². The van der Waals surface area contributed by atoms with Crippen molar-refractivity contribution in [1.29, 1.82) is 0 Å². The lowest BCUT2D eigenvalue weighted by atomic mass is 10.0. The summed E-state index contributed by atoms with van der Waals surface area (Å²) >= 11 is 6.14. The fourth-order valence-corrected chi connectivity index (χ4v) is 5.10. The topological polar surface area (TPSA) is 80.3 Å². The van der Waals surface area contributed by atoms with Crippen LogP contribution in [0.1, 0.15) is 31.8 Å². The molecule has 0 radical (unpaired) electrons. The van der Waals surface area contributed by atoms with E-state index in [1.807, 2.05) is 6.92 Å². The molecule has 1 heterocycles. The molecule has 1 aliphatic heterocycles. The zero-order chi connectivity index (χ0) is 20.1. The van der Waals surface area contributed by atoms with Crippen molar-refractivity contribution in [3.05, 3.63) is 87.9 Å². The van der Waals surface area contributed by atoms with Crippen molar-refractivity contribution in [2.45, 2.75) is 16.7 Å². The van der Waals surface area contributed by atoms with Crippen LogP contribution in [-0.4, -0.2) is 20.1 Å². The summed E-state index contributed by atoms with van der Waals surface area (Å²) in [6, 6.07) is 15.3. The molecular formula is C21H14ClNO4S.